The standard InChI is InChI=1S/C22H19ClF2N4O2/c23-13-5-3-12(4-6-13)15-11-16(15)20(30)27-29-21(31)19-17(25)9-14(24)10-18(19)26-22(29)28-7-1-2-8-28/h3-6,9-10,15-16H,1-2,7-8,11H2,(H,27,30). The fraction of sp³-hybridized carbons (Fsp3) is 0.318. The molecule has 2 aromatic carbocycles. The third kappa shape index (κ3) is 3.65. The molecule has 160 valence electrons. The van der Waals surface area contributed by atoms with Crippen molar-refractivity contribution in [3.05, 3.63) is 69.0 Å². The molecule has 0 radical (unpaired) electrons. The van der Waals surface area contributed by atoms with Gasteiger partial charge in [-0.1, -0.05) is 23.7 Å². The van der Waals surface area contributed by atoms with Gasteiger partial charge in [-0.3, -0.25) is 15.0 Å². The van der Waals surface area contributed by atoms with Crippen molar-refractivity contribution in [2.24, 2.45) is 5.92 Å². The average molecular weight is 445 g/mol. The first-order valence-corrected chi connectivity index (χ1v) is 10.5. The van der Waals surface area contributed by atoms with Crippen LogP contribution >= 0.6 is 11.6 Å². The minimum Gasteiger partial charge on any atom is -0.341 e. The van der Waals surface area contributed by atoms with Crippen LogP contribution in [0.1, 0.15) is 30.7 Å². The second-order valence-corrected chi connectivity index (χ2v) is 8.44. The molecule has 2 unspecified atom stereocenters. The van der Waals surface area contributed by atoms with Crippen LogP contribution in [0.2, 0.25) is 5.02 Å². The predicted octanol–water partition coefficient (Wildman–Crippen LogP) is 3.80. The van der Waals surface area contributed by atoms with E-state index in [1.54, 1.807) is 12.1 Å². The molecule has 5 rings (SSSR count). The molecular formula is C22H19ClF2N4O2. The van der Waals surface area contributed by atoms with E-state index in [2.05, 4.69) is 10.4 Å². The topological polar surface area (TPSA) is 67.2 Å². The molecule has 3 aromatic rings. The number of amides is 1. The predicted molar refractivity (Wildman–Crippen MR) is 114 cm³/mol. The van der Waals surface area contributed by atoms with Gasteiger partial charge in [0.1, 0.15) is 17.0 Å². The van der Waals surface area contributed by atoms with Gasteiger partial charge in [-0.2, -0.15) is 4.68 Å². The van der Waals surface area contributed by atoms with Gasteiger partial charge in [-0.05, 0) is 42.9 Å². The van der Waals surface area contributed by atoms with Crippen molar-refractivity contribution in [2.45, 2.75) is 25.2 Å². The number of rotatable bonds is 4. The number of aromatic nitrogens is 2. The zero-order valence-electron chi connectivity index (χ0n) is 16.4. The number of anilines is 1. The Kier molecular flexibility index (Phi) is 4.89. The second kappa shape index (κ2) is 7.60. The summed E-state index contributed by atoms with van der Waals surface area (Å²) in [6, 6.07) is 8.98. The maximum absolute atomic E-state index is 14.4. The van der Waals surface area contributed by atoms with E-state index in [-0.39, 0.29) is 34.6 Å². The fourth-order valence-corrected chi connectivity index (χ4v) is 4.33. The number of nitrogens with zero attached hydrogens (tertiary/aromatic N) is 3. The van der Waals surface area contributed by atoms with Crippen molar-refractivity contribution < 1.29 is 13.6 Å². The normalized spacial score (nSPS) is 20.3. The van der Waals surface area contributed by atoms with Gasteiger partial charge in [0.25, 0.3) is 5.56 Å². The summed E-state index contributed by atoms with van der Waals surface area (Å²) < 4.78 is 29.1. The third-order valence-electron chi connectivity index (χ3n) is 5.91. The van der Waals surface area contributed by atoms with Gasteiger partial charge in [0, 0.05) is 36.2 Å². The molecule has 1 saturated carbocycles. The minimum absolute atomic E-state index is 0.0300. The number of nitrogens with one attached hydrogen (secondary N) is 1. The monoisotopic (exact) mass is 444 g/mol. The van der Waals surface area contributed by atoms with Gasteiger partial charge in [-0.15, -0.1) is 0 Å². The maximum atomic E-state index is 14.4. The van der Waals surface area contributed by atoms with Gasteiger partial charge >= 0.3 is 0 Å². The summed E-state index contributed by atoms with van der Waals surface area (Å²) in [6.07, 6.45) is 2.45. The van der Waals surface area contributed by atoms with Gasteiger partial charge in [-0.25, -0.2) is 13.8 Å². The Morgan fingerprint density at radius 2 is 1.84 bits per heavy atom. The molecule has 2 atom stereocenters. The van der Waals surface area contributed by atoms with E-state index >= 15 is 0 Å². The molecule has 0 spiro atoms. The number of hydrogen-bond acceptors (Lipinski definition) is 4. The third-order valence-corrected chi connectivity index (χ3v) is 6.16. The highest BCUT2D eigenvalue weighted by Gasteiger charge is 2.44. The molecule has 0 bridgehead atoms. The summed E-state index contributed by atoms with van der Waals surface area (Å²) in [5, 5.41) is 0.266. The molecule has 2 fully saturated rings. The molecule has 2 aliphatic rings. The Morgan fingerprint density at radius 1 is 1.13 bits per heavy atom. The summed E-state index contributed by atoms with van der Waals surface area (Å²) >= 11 is 5.93. The number of halogens is 3. The van der Waals surface area contributed by atoms with Crippen LogP contribution in [0.3, 0.4) is 0 Å². The summed E-state index contributed by atoms with van der Waals surface area (Å²) in [6.45, 7) is 1.28. The van der Waals surface area contributed by atoms with Crippen molar-refractivity contribution in [2.75, 3.05) is 23.4 Å². The fourth-order valence-electron chi connectivity index (χ4n) is 4.21. The smallest absolute Gasteiger partial charge is 0.284 e. The molecule has 1 saturated heterocycles. The van der Waals surface area contributed by atoms with E-state index in [0.717, 1.165) is 29.1 Å². The van der Waals surface area contributed by atoms with E-state index in [9.17, 15) is 18.4 Å². The Balaban J connectivity index is 1.50. The summed E-state index contributed by atoms with van der Waals surface area (Å²) in [5.74, 6) is -2.25. The largest absolute Gasteiger partial charge is 0.341 e. The molecule has 6 nitrogen and oxygen atoms in total. The molecule has 2 heterocycles. The van der Waals surface area contributed by atoms with Crippen LogP contribution in [0.15, 0.2) is 41.2 Å². The van der Waals surface area contributed by atoms with Crippen molar-refractivity contribution in [1.82, 2.24) is 9.66 Å². The Labute approximate surface area is 181 Å². The number of carbonyl (C=O) groups excluding carboxylic acids is 1. The summed E-state index contributed by atoms with van der Waals surface area (Å²) in [7, 11) is 0. The Bertz CT molecular complexity index is 1240. The van der Waals surface area contributed by atoms with Crippen LogP contribution < -0.4 is 15.9 Å². The zero-order valence-corrected chi connectivity index (χ0v) is 17.2. The minimum atomic E-state index is -1.01. The molecule has 1 amide bonds. The Hall–Kier alpha value is -3.00. The lowest BCUT2D eigenvalue weighted by Crippen LogP contribution is -2.39. The van der Waals surface area contributed by atoms with Crippen LogP contribution in [-0.4, -0.2) is 28.7 Å². The highest BCUT2D eigenvalue weighted by Crippen LogP contribution is 2.47. The molecule has 31 heavy (non-hydrogen) atoms. The van der Waals surface area contributed by atoms with Crippen LogP contribution in [0, 0.1) is 17.6 Å². The average Bonchev–Trinajstić information content (AvgIpc) is 3.34. The molecule has 9 heteroatoms. The van der Waals surface area contributed by atoms with E-state index in [1.807, 2.05) is 17.0 Å². The maximum Gasteiger partial charge on any atom is 0.284 e. The quantitative estimate of drug-likeness (QED) is 0.664. The SMILES string of the molecule is O=C(Nn1c(N2CCCC2)nc2cc(F)cc(F)c2c1=O)C1CC1c1ccc(Cl)cc1. The first-order chi connectivity index (χ1) is 14.9. The van der Waals surface area contributed by atoms with Gasteiger partial charge in [0.15, 0.2) is 0 Å². The van der Waals surface area contributed by atoms with Crippen LogP contribution in [0.5, 0.6) is 0 Å². The number of hydrogen-bond donors (Lipinski definition) is 1. The highest BCUT2D eigenvalue weighted by molar-refractivity contribution is 6.30. The van der Waals surface area contributed by atoms with E-state index in [4.69, 9.17) is 11.6 Å². The molecule has 1 aromatic heterocycles. The second-order valence-electron chi connectivity index (χ2n) is 8.00. The number of carbonyl (C=O) groups is 1. The van der Waals surface area contributed by atoms with Crippen molar-refractivity contribution in [3.63, 3.8) is 0 Å². The van der Waals surface area contributed by atoms with Crippen LogP contribution in [0.25, 0.3) is 10.9 Å². The van der Waals surface area contributed by atoms with E-state index in [1.165, 1.54) is 0 Å². The first-order valence-electron chi connectivity index (χ1n) is 10.2. The first kappa shape index (κ1) is 19.9. The molecule has 1 N–H and O–H groups in total. The van der Waals surface area contributed by atoms with Gasteiger partial charge in [0.2, 0.25) is 11.9 Å². The number of benzene rings is 2. The van der Waals surface area contributed by atoms with Crippen LogP contribution in [0.4, 0.5) is 14.7 Å². The van der Waals surface area contributed by atoms with Gasteiger partial charge < -0.3 is 4.90 Å². The lowest BCUT2D eigenvalue weighted by Gasteiger charge is -2.22. The molecule has 1 aliphatic carbocycles. The lowest BCUT2D eigenvalue weighted by atomic mass is 10.1. The number of fused-ring (bicyclic) bond motifs is 1. The van der Waals surface area contributed by atoms with Crippen molar-refractivity contribution in [3.8, 4) is 0 Å². The van der Waals surface area contributed by atoms with E-state index in [0.29, 0.717) is 30.6 Å². The summed E-state index contributed by atoms with van der Waals surface area (Å²) in [5.41, 5.74) is 2.80. The van der Waals surface area contributed by atoms with Crippen molar-refractivity contribution >= 4 is 34.4 Å². The van der Waals surface area contributed by atoms with Gasteiger partial charge in [0.05, 0.1) is 5.52 Å². The van der Waals surface area contributed by atoms with E-state index < -0.39 is 17.2 Å². The Morgan fingerprint density at radius 3 is 2.55 bits per heavy atom. The van der Waals surface area contributed by atoms with Crippen molar-refractivity contribution in [1.29, 1.82) is 0 Å². The molecular weight excluding hydrogens is 426 g/mol. The zero-order chi connectivity index (χ0) is 21.7. The lowest BCUT2D eigenvalue weighted by molar-refractivity contribution is -0.118. The highest BCUT2D eigenvalue weighted by atomic mass is 35.5. The molecule has 1 aliphatic heterocycles. The summed E-state index contributed by atoms with van der Waals surface area (Å²) in [4.78, 5) is 32.2. The van der Waals surface area contributed by atoms with Crippen LogP contribution in [-0.2, 0) is 4.79 Å².